The molecule has 1 fully saturated rings. The van der Waals surface area contributed by atoms with Gasteiger partial charge in [-0.15, -0.1) is 0 Å². The van der Waals surface area contributed by atoms with Gasteiger partial charge in [-0.1, -0.05) is 63.2 Å². The van der Waals surface area contributed by atoms with Gasteiger partial charge in [-0.2, -0.15) is 4.98 Å². The fraction of sp³-hybridized carbons (Fsp3) is 0.333. The van der Waals surface area contributed by atoms with E-state index in [0.29, 0.717) is 52.9 Å². The SMILES string of the molecule is COc1c(NC(=O)Nc2ccc(Oc3ccnc(NCc4cccc(C(=O)CCCN5CCOCC5)c4)n3)c3ccccc23)cc(C(C)(C)C)cc1NS(C)(=O)=O. The molecule has 1 aromatic heterocycles. The van der Waals surface area contributed by atoms with Crippen molar-refractivity contribution in [1.82, 2.24) is 14.9 Å². The van der Waals surface area contributed by atoms with Crippen LogP contribution in [0.1, 0.15) is 55.1 Å². The molecule has 5 aromatic rings. The lowest BCUT2D eigenvalue weighted by Crippen LogP contribution is -2.36. The number of hydrogen-bond acceptors (Lipinski definition) is 11. The molecule has 4 N–H and O–H groups in total. The van der Waals surface area contributed by atoms with Crippen LogP contribution in [0.25, 0.3) is 10.8 Å². The number of nitrogens with one attached hydrogen (secondary N) is 4. The van der Waals surface area contributed by atoms with Crippen molar-refractivity contribution in [3.63, 3.8) is 0 Å². The molecule has 300 valence electrons. The van der Waals surface area contributed by atoms with Crippen molar-refractivity contribution in [3.8, 4) is 17.4 Å². The Morgan fingerprint density at radius 1 is 0.895 bits per heavy atom. The van der Waals surface area contributed by atoms with Crippen LogP contribution >= 0.6 is 0 Å². The maximum absolute atomic E-state index is 13.5. The smallest absolute Gasteiger partial charge is 0.323 e. The molecular formula is C42H49N7O7S. The summed E-state index contributed by atoms with van der Waals surface area (Å²) in [5.74, 6) is 1.47. The zero-order valence-electron chi connectivity index (χ0n) is 32.8. The highest BCUT2D eigenvalue weighted by Gasteiger charge is 2.23. The Labute approximate surface area is 333 Å². The minimum absolute atomic E-state index is 0.120. The highest BCUT2D eigenvalue weighted by atomic mass is 32.2. The summed E-state index contributed by atoms with van der Waals surface area (Å²) < 4.78 is 44.0. The molecule has 2 heterocycles. The first kappa shape index (κ1) is 40.9. The molecule has 15 heteroatoms. The van der Waals surface area contributed by atoms with Gasteiger partial charge in [0.15, 0.2) is 11.5 Å². The number of Topliss-reactive ketones (excluding diaryl/α,β-unsaturated/α-hetero) is 1. The van der Waals surface area contributed by atoms with Gasteiger partial charge in [0, 0.05) is 54.7 Å². The average molecular weight is 796 g/mol. The van der Waals surface area contributed by atoms with Gasteiger partial charge in [-0.3, -0.25) is 14.4 Å². The highest BCUT2D eigenvalue weighted by molar-refractivity contribution is 7.92. The Hall–Kier alpha value is -5.77. The largest absolute Gasteiger partial charge is 0.492 e. The van der Waals surface area contributed by atoms with E-state index in [4.69, 9.17) is 14.2 Å². The standard InChI is InChI=1S/C42H49N7O7S/c1-42(2,3)30-25-34(39(54-4)35(26-30)48-57(5,52)53)46-41(51)45-33-15-16-37(32-13-7-6-12-31(32)33)56-38-17-18-43-40(47-38)44-27-28-10-8-11-29(24-28)36(50)14-9-19-49-20-22-55-23-21-49/h6-8,10-13,15-18,24-26,48H,9,14,19-23,27H2,1-5H3,(H,43,44,47)(H2,45,46,51). The molecule has 0 spiro atoms. The van der Waals surface area contributed by atoms with Crippen molar-refractivity contribution in [1.29, 1.82) is 0 Å². The van der Waals surface area contributed by atoms with Crippen molar-refractivity contribution < 1.29 is 32.2 Å². The number of amides is 2. The molecule has 57 heavy (non-hydrogen) atoms. The normalized spacial score (nSPS) is 13.5. The number of aromatic nitrogens is 2. The lowest BCUT2D eigenvalue weighted by Gasteiger charge is -2.26. The number of carbonyl (C=O) groups excluding carboxylic acids is 2. The molecule has 6 rings (SSSR count). The van der Waals surface area contributed by atoms with Gasteiger partial charge in [0.1, 0.15) is 5.75 Å². The second kappa shape index (κ2) is 18.0. The lowest BCUT2D eigenvalue weighted by molar-refractivity contribution is 0.0371. The van der Waals surface area contributed by atoms with Gasteiger partial charge in [-0.25, -0.2) is 18.2 Å². The Balaban J connectivity index is 1.12. The molecule has 14 nitrogen and oxygen atoms in total. The number of nitrogens with zero attached hydrogens (tertiary/aromatic N) is 3. The minimum atomic E-state index is -3.64. The first-order chi connectivity index (χ1) is 27.3. The number of urea groups is 1. The summed E-state index contributed by atoms with van der Waals surface area (Å²) in [6.07, 6.45) is 3.95. The third-order valence-electron chi connectivity index (χ3n) is 9.36. The topological polar surface area (TPSA) is 173 Å². The van der Waals surface area contributed by atoms with Gasteiger partial charge in [-0.05, 0) is 59.8 Å². The number of sulfonamides is 1. The summed E-state index contributed by atoms with van der Waals surface area (Å²) >= 11 is 0. The van der Waals surface area contributed by atoms with Crippen LogP contribution in [0.2, 0.25) is 0 Å². The van der Waals surface area contributed by atoms with Gasteiger partial charge < -0.3 is 30.2 Å². The number of methoxy groups -OCH3 is 1. The predicted molar refractivity (Wildman–Crippen MR) is 223 cm³/mol. The number of anilines is 4. The van der Waals surface area contributed by atoms with E-state index < -0.39 is 16.1 Å². The molecule has 0 atom stereocenters. The first-order valence-electron chi connectivity index (χ1n) is 18.7. The first-order valence-corrected chi connectivity index (χ1v) is 20.6. The van der Waals surface area contributed by atoms with Gasteiger partial charge >= 0.3 is 6.03 Å². The molecule has 0 radical (unpaired) electrons. The summed E-state index contributed by atoms with van der Waals surface area (Å²) in [7, 11) is -2.23. The van der Waals surface area contributed by atoms with Crippen molar-refractivity contribution in [2.24, 2.45) is 0 Å². The van der Waals surface area contributed by atoms with Crippen LogP contribution in [0.4, 0.5) is 27.8 Å². The van der Waals surface area contributed by atoms with E-state index in [0.717, 1.165) is 62.0 Å². The molecule has 1 aliphatic heterocycles. The van der Waals surface area contributed by atoms with E-state index in [1.54, 1.807) is 36.5 Å². The predicted octanol–water partition coefficient (Wildman–Crippen LogP) is 7.65. The average Bonchev–Trinajstić information content (AvgIpc) is 3.17. The van der Waals surface area contributed by atoms with Crippen LogP contribution in [0.5, 0.6) is 17.4 Å². The number of carbonyl (C=O) groups is 2. The lowest BCUT2D eigenvalue weighted by atomic mass is 9.86. The van der Waals surface area contributed by atoms with E-state index in [1.165, 1.54) is 7.11 Å². The van der Waals surface area contributed by atoms with Crippen LogP contribution in [0.3, 0.4) is 0 Å². The summed E-state index contributed by atoms with van der Waals surface area (Å²) in [5, 5.41) is 10.4. The third kappa shape index (κ3) is 11.2. The molecule has 2 amide bonds. The summed E-state index contributed by atoms with van der Waals surface area (Å²) in [5.41, 5.74) is 3.05. The maximum atomic E-state index is 13.5. The summed E-state index contributed by atoms with van der Waals surface area (Å²) in [4.78, 5) is 37.7. The van der Waals surface area contributed by atoms with Crippen LogP contribution in [0, 0.1) is 0 Å². The van der Waals surface area contributed by atoms with Gasteiger partial charge in [0.2, 0.25) is 21.9 Å². The fourth-order valence-corrected chi connectivity index (χ4v) is 7.01. The van der Waals surface area contributed by atoms with E-state index in [9.17, 15) is 18.0 Å². The number of ether oxygens (including phenoxy) is 3. The van der Waals surface area contributed by atoms with Crippen LogP contribution in [-0.2, 0) is 26.7 Å². The van der Waals surface area contributed by atoms with Gasteiger partial charge in [0.05, 0.1) is 43.6 Å². The monoisotopic (exact) mass is 795 g/mol. The van der Waals surface area contributed by atoms with Crippen molar-refractivity contribution in [2.45, 2.75) is 45.6 Å². The van der Waals surface area contributed by atoms with E-state index in [2.05, 4.69) is 35.5 Å². The Morgan fingerprint density at radius 2 is 1.63 bits per heavy atom. The molecule has 0 bridgehead atoms. The molecule has 1 aliphatic rings. The molecular weight excluding hydrogens is 747 g/mol. The van der Waals surface area contributed by atoms with Crippen molar-refractivity contribution >= 4 is 55.6 Å². The summed E-state index contributed by atoms with van der Waals surface area (Å²) in [6, 6.07) is 23.1. The number of hydrogen-bond donors (Lipinski definition) is 4. The van der Waals surface area contributed by atoms with Crippen LogP contribution in [-0.4, -0.2) is 81.3 Å². The maximum Gasteiger partial charge on any atom is 0.323 e. The van der Waals surface area contributed by atoms with Crippen molar-refractivity contribution in [3.05, 3.63) is 102 Å². The number of rotatable bonds is 15. The zero-order chi connectivity index (χ0) is 40.6. The second-order valence-corrected chi connectivity index (χ2v) is 16.6. The van der Waals surface area contributed by atoms with E-state index >= 15 is 0 Å². The van der Waals surface area contributed by atoms with Crippen molar-refractivity contribution in [2.75, 3.05) is 66.9 Å². The number of morpholine rings is 1. The van der Waals surface area contributed by atoms with E-state index in [1.807, 2.05) is 69.3 Å². The molecule has 0 saturated carbocycles. The fourth-order valence-electron chi connectivity index (χ4n) is 6.46. The number of benzene rings is 4. The van der Waals surface area contributed by atoms with Crippen LogP contribution < -0.4 is 30.1 Å². The molecule has 1 saturated heterocycles. The molecule has 0 unspecified atom stereocenters. The third-order valence-corrected chi connectivity index (χ3v) is 9.95. The molecule has 4 aromatic carbocycles. The molecule has 0 aliphatic carbocycles. The van der Waals surface area contributed by atoms with Gasteiger partial charge in [0.25, 0.3) is 0 Å². The zero-order valence-corrected chi connectivity index (χ0v) is 33.7. The highest BCUT2D eigenvalue weighted by Crippen LogP contribution is 2.40. The van der Waals surface area contributed by atoms with Crippen LogP contribution in [0.15, 0.2) is 85.1 Å². The van der Waals surface area contributed by atoms with E-state index in [-0.39, 0.29) is 22.6 Å². The number of fused-ring (bicyclic) bond motifs is 1. The Bertz CT molecular complexity index is 2340. The summed E-state index contributed by atoms with van der Waals surface area (Å²) in [6.45, 7) is 10.6. The number of ketones is 1. The minimum Gasteiger partial charge on any atom is -0.492 e. The Morgan fingerprint density at radius 3 is 2.37 bits per heavy atom. The quantitative estimate of drug-likeness (QED) is 0.0767. The Kier molecular flexibility index (Phi) is 12.9. The second-order valence-electron chi connectivity index (χ2n) is 14.8.